The summed E-state index contributed by atoms with van der Waals surface area (Å²) in [5.41, 5.74) is 0. The van der Waals surface area contributed by atoms with Crippen molar-refractivity contribution in [2.24, 2.45) is 0 Å². The highest BCUT2D eigenvalue weighted by molar-refractivity contribution is 7.99. The van der Waals surface area contributed by atoms with Crippen LogP contribution in [0.1, 0.15) is 0 Å². The molecule has 1 amide bonds. The van der Waals surface area contributed by atoms with Crippen LogP contribution in [0.3, 0.4) is 0 Å². The molecule has 82 valence electrons. The molecule has 5 nitrogen and oxygen atoms in total. The number of carbonyl (C=O) groups is 1. The molecule has 2 atom stereocenters. The molecule has 0 radical (unpaired) electrons. The minimum Gasteiger partial charge on any atom is -0.394 e. The van der Waals surface area contributed by atoms with Crippen LogP contribution in [0.5, 0.6) is 0 Å². The second kappa shape index (κ2) is 6.23. The van der Waals surface area contributed by atoms with Crippen molar-refractivity contribution in [2.45, 2.75) is 12.1 Å². The summed E-state index contributed by atoms with van der Waals surface area (Å²) in [7, 11) is 1.54. The van der Waals surface area contributed by atoms with Crippen LogP contribution in [0.25, 0.3) is 0 Å². The Balaban J connectivity index is 2.29. The number of rotatable bonds is 5. The SMILES string of the molecule is COCC(CO)NC(=O)C1CSCN1. The van der Waals surface area contributed by atoms with Gasteiger partial charge in [0.05, 0.1) is 25.3 Å². The standard InChI is InChI=1S/C8H16N2O3S/c1-13-3-6(2-11)10-8(12)7-4-14-5-9-7/h6-7,9,11H,2-5H2,1H3,(H,10,12). The zero-order valence-corrected chi connectivity index (χ0v) is 8.97. The van der Waals surface area contributed by atoms with Crippen LogP contribution in [0.4, 0.5) is 0 Å². The van der Waals surface area contributed by atoms with Crippen molar-refractivity contribution < 1.29 is 14.6 Å². The van der Waals surface area contributed by atoms with E-state index in [9.17, 15) is 4.79 Å². The van der Waals surface area contributed by atoms with E-state index in [0.29, 0.717) is 6.61 Å². The Kier molecular flexibility index (Phi) is 5.24. The lowest BCUT2D eigenvalue weighted by Gasteiger charge is -2.17. The van der Waals surface area contributed by atoms with Gasteiger partial charge < -0.3 is 15.2 Å². The van der Waals surface area contributed by atoms with E-state index in [1.165, 1.54) is 0 Å². The first-order valence-electron chi connectivity index (χ1n) is 4.49. The number of hydrogen-bond acceptors (Lipinski definition) is 5. The summed E-state index contributed by atoms with van der Waals surface area (Å²) < 4.78 is 4.86. The van der Waals surface area contributed by atoms with Crippen LogP contribution in [0, 0.1) is 0 Å². The van der Waals surface area contributed by atoms with Crippen molar-refractivity contribution in [3.8, 4) is 0 Å². The lowest BCUT2D eigenvalue weighted by Crippen LogP contribution is -2.49. The van der Waals surface area contributed by atoms with Crippen molar-refractivity contribution in [3.05, 3.63) is 0 Å². The summed E-state index contributed by atoms with van der Waals surface area (Å²) in [6.07, 6.45) is 0. The number of methoxy groups -OCH3 is 1. The molecule has 1 saturated heterocycles. The molecule has 0 bridgehead atoms. The Morgan fingerprint density at radius 3 is 3.14 bits per heavy atom. The molecule has 1 aliphatic heterocycles. The Bertz CT molecular complexity index is 185. The number of ether oxygens (including phenoxy) is 1. The largest absolute Gasteiger partial charge is 0.394 e. The van der Waals surface area contributed by atoms with Gasteiger partial charge in [0.2, 0.25) is 5.91 Å². The second-order valence-corrected chi connectivity index (χ2v) is 4.15. The molecule has 1 heterocycles. The molecular weight excluding hydrogens is 204 g/mol. The third-order valence-electron chi connectivity index (χ3n) is 1.97. The second-order valence-electron chi connectivity index (χ2n) is 3.12. The van der Waals surface area contributed by atoms with E-state index in [4.69, 9.17) is 9.84 Å². The van der Waals surface area contributed by atoms with Crippen molar-refractivity contribution in [2.75, 3.05) is 32.0 Å². The molecule has 6 heteroatoms. The minimum atomic E-state index is -0.306. The van der Waals surface area contributed by atoms with E-state index in [1.54, 1.807) is 18.9 Å². The van der Waals surface area contributed by atoms with Gasteiger partial charge in [-0.05, 0) is 0 Å². The van der Waals surface area contributed by atoms with Crippen molar-refractivity contribution >= 4 is 17.7 Å². The van der Waals surface area contributed by atoms with Gasteiger partial charge in [-0.25, -0.2) is 0 Å². The van der Waals surface area contributed by atoms with Crippen LogP contribution in [0.2, 0.25) is 0 Å². The quantitative estimate of drug-likeness (QED) is 0.541. The van der Waals surface area contributed by atoms with E-state index in [2.05, 4.69) is 10.6 Å². The first-order chi connectivity index (χ1) is 6.77. The fraction of sp³-hybridized carbons (Fsp3) is 0.875. The number of carbonyl (C=O) groups excluding carboxylic acids is 1. The minimum absolute atomic E-state index is 0.0638. The first kappa shape index (κ1) is 11.8. The average Bonchev–Trinajstić information content (AvgIpc) is 2.69. The van der Waals surface area contributed by atoms with Gasteiger partial charge in [0, 0.05) is 18.7 Å². The van der Waals surface area contributed by atoms with Crippen molar-refractivity contribution in [1.29, 1.82) is 0 Å². The molecule has 0 aromatic heterocycles. The predicted molar refractivity (Wildman–Crippen MR) is 55.1 cm³/mol. The molecule has 1 rings (SSSR count). The highest BCUT2D eigenvalue weighted by Gasteiger charge is 2.24. The summed E-state index contributed by atoms with van der Waals surface area (Å²) >= 11 is 1.69. The first-order valence-corrected chi connectivity index (χ1v) is 5.64. The molecular formula is C8H16N2O3S. The normalized spacial score (nSPS) is 23.4. The summed E-state index contributed by atoms with van der Waals surface area (Å²) in [4.78, 5) is 11.5. The zero-order valence-electron chi connectivity index (χ0n) is 8.16. The van der Waals surface area contributed by atoms with Crippen molar-refractivity contribution in [1.82, 2.24) is 10.6 Å². The third-order valence-corrected chi connectivity index (χ3v) is 2.91. The van der Waals surface area contributed by atoms with Gasteiger partial charge in [0.25, 0.3) is 0 Å². The topological polar surface area (TPSA) is 70.6 Å². The van der Waals surface area contributed by atoms with Crippen LogP contribution in [0.15, 0.2) is 0 Å². The maximum absolute atomic E-state index is 11.5. The number of hydrogen-bond donors (Lipinski definition) is 3. The van der Waals surface area contributed by atoms with Gasteiger partial charge in [-0.15, -0.1) is 11.8 Å². The number of aliphatic hydroxyl groups excluding tert-OH is 1. The predicted octanol–water partition coefficient (Wildman–Crippen LogP) is -1.23. The molecule has 1 aliphatic rings. The number of thioether (sulfide) groups is 1. The third kappa shape index (κ3) is 3.45. The number of nitrogens with one attached hydrogen (secondary N) is 2. The van der Waals surface area contributed by atoms with Crippen LogP contribution >= 0.6 is 11.8 Å². The number of aliphatic hydroxyl groups is 1. The average molecular weight is 220 g/mol. The fourth-order valence-electron chi connectivity index (χ4n) is 1.21. The van der Waals surface area contributed by atoms with Gasteiger partial charge in [-0.1, -0.05) is 0 Å². The number of amides is 1. The molecule has 14 heavy (non-hydrogen) atoms. The van der Waals surface area contributed by atoms with Gasteiger partial charge in [-0.3, -0.25) is 10.1 Å². The van der Waals surface area contributed by atoms with Crippen LogP contribution in [-0.4, -0.2) is 55.1 Å². The maximum Gasteiger partial charge on any atom is 0.238 e. The Morgan fingerprint density at radius 1 is 1.86 bits per heavy atom. The lowest BCUT2D eigenvalue weighted by molar-refractivity contribution is -0.123. The van der Waals surface area contributed by atoms with Gasteiger partial charge in [-0.2, -0.15) is 0 Å². The van der Waals surface area contributed by atoms with Gasteiger partial charge in [0.15, 0.2) is 0 Å². The van der Waals surface area contributed by atoms with E-state index in [0.717, 1.165) is 11.6 Å². The van der Waals surface area contributed by atoms with E-state index < -0.39 is 0 Å². The summed E-state index contributed by atoms with van der Waals surface area (Å²) in [5, 5.41) is 14.7. The van der Waals surface area contributed by atoms with Crippen LogP contribution in [-0.2, 0) is 9.53 Å². The molecule has 0 aromatic carbocycles. The molecule has 3 N–H and O–H groups in total. The van der Waals surface area contributed by atoms with Gasteiger partial charge in [0.1, 0.15) is 0 Å². The summed E-state index contributed by atoms with van der Waals surface area (Å²) in [5.74, 6) is 1.54. The van der Waals surface area contributed by atoms with E-state index >= 15 is 0 Å². The molecule has 0 aliphatic carbocycles. The smallest absolute Gasteiger partial charge is 0.238 e. The maximum atomic E-state index is 11.5. The summed E-state index contributed by atoms with van der Waals surface area (Å²) in [6.45, 7) is 0.238. The summed E-state index contributed by atoms with van der Waals surface area (Å²) in [6, 6.07) is -0.439. The van der Waals surface area contributed by atoms with E-state index in [1.807, 2.05) is 0 Å². The van der Waals surface area contributed by atoms with Crippen molar-refractivity contribution in [3.63, 3.8) is 0 Å². The monoisotopic (exact) mass is 220 g/mol. The molecule has 0 aromatic rings. The Morgan fingerprint density at radius 2 is 2.64 bits per heavy atom. The molecule has 2 unspecified atom stereocenters. The van der Waals surface area contributed by atoms with E-state index in [-0.39, 0.29) is 24.6 Å². The highest BCUT2D eigenvalue weighted by atomic mass is 32.2. The molecule has 0 saturated carbocycles. The van der Waals surface area contributed by atoms with Crippen LogP contribution < -0.4 is 10.6 Å². The fourth-order valence-corrected chi connectivity index (χ4v) is 2.15. The Hall–Kier alpha value is -0.300. The Labute approximate surface area is 87.6 Å². The lowest BCUT2D eigenvalue weighted by atomic mass is 10.2. The molecule has 1 fully saturated rings. The van der Waals surface area contributed by atoms with Gasteiger partial charge >= 0.3 is 0 Å². The zero-order chi connectivity index (χ0) is 10.4. The molecule has 0 spiro atoms. The highest BCUT2D eigenvalue weighted by Crippen LogP contribution is 2.09.